The van der Waals surface area contributed by atoms with Crippen LogP contribution in [0, 0.1) is 0 Å². The van der Waals surface area contributed by atoms with Crippen LogP contribution in [0.5, 0.6) is 0 Å². The van der Waals surface area contributed by atoms with Gasteiger partial charge in [0.05, 0.1) is 11.3 Å². The van der Waals surface area contributed by atoms with E-state index < -0.39 is 0 Å². The lowest BCUT2D eigenvalue weighted by Gasteiger charge is -2.14. The summed E-state index contributed by atoms with van der Waals surface area (Å²) in [6.07, 6.45) is 7.37. The zero-order valence-corrected chi connectivity index (χ0v) is 14.9. The Balaban J connectivity index is 2.17. The number of aryl methyl sites for hydroxylation is 2. The van der Waals surface area contributed by atoms with Crippen molar-refractivity contribution in [2.45, 2.75) is 46.5 Å². The Kier molecular flexibility index (Phi) is 6.79. The van der Waals surface area contributed by atoms with Crippen LogP contribution < -0.4 is 10.6 Å². The molecule has 0 radical (unpaired) electrons. The normalized spacial score (nSPS) is 10.5. The van der Waals surface area contributed by atoms with E-state index in [4.69, 9.17) is 0 Å². The number of nitrogens with one attached hydrogen (secondary N) is 2. The van der Waals surface area contributed by atoms with Gasteiger partial charge in [0.25, 0.3) is 5.91 Å². The van der Waals surface area contributed by atoms with E-state index in [1.54, 1.807) is 12.4 Å². The first-order valence-corrected chi connectivity index (χ1v) is 8.80. The fourth-order valence-corrected chi connectivity index (χ4v) is 2.66. The Morgan fingerprint density at radius 3 is 2.42 bits per heavy atom. The van der Waals surface area contributed by atoms with Crippen molar-refractivity contribution in [3.05, 3.63) is 53.3 Å². The summed E-state index contributed by atoms with van der Waals surface area (Å²) in [7, 11) is 0. The number of pyridine rings is 1. The average Bonchev–Trinajstić information content (AvgIpc) is 2.62. The van der Waals surface area contributed by atoms with Crippen LogP contribution in [0.2, 0.25) is 0 Å². The number of rotatable bonds is 8. The van der Waals surface area contributed by atoms with Gasteiger partial charge < -0.3 is 10.6 Å². The second kappa shape index (κ2) is 9.06. The van der Waals surface area contributed by atoms with Crippen molar-refractivity contribution in [3.63, 3.8) is 0 Å². The molecule has 0 fully saturated rings. The molecule has 1 amide bonds. The molecule has 0 aliphatic carbocycles. The summed E-state index contributed by atoms with van der Waals surface area (Å²) < 4.78 is 0. The molecule has 0 saturated carbocycles. The van der Waals surface area contributed by atoms with Crippen LogP contribution in [0.15, 0.2) is 36.7 Å². The second-order valence-corrected chi connectivity index (χ2v) is 5.86. The summed E-state index contributed by atoms with van der Waals surface area (Å²) >= 11 is 0. The SMILES string of the molecule is CCCCNc1cncc(C(=O)Nc2c(CC)cccc2CC)c1. The predicted molar refractivity (Wildman–Crippen MR) is 101 cm³/mol. The molecule has 0 aliphatic heterocycles. The van der Waals surface area contributed by atoms with Crippen molar-refractivity contribution in [1.82, 2.24) is 4.98 Å². The van der Waals surface area contributed by atoms with E-state index in [9.17, 15) is 4.79 Å². The first-order chi connectivity index (χ1) is 11.7. The zero-order chi connectivity index (χ0) is 17.4. The third-order valence-corrected chi connectivity index (χ3v) is 4.10. The lowest BCUT2D eigenvalue weighted by atomic mass is 10.0. The summed E-state index contributed by atoms with van der Waals surface area (Å²) in [5, 5.41) is 6.39. The maximum absolute atomic E-state index is 12.7. The third kappa shape index (κ3) is 4.57. The quantitative estimate of drug-likeness (QED) is 0.693. The lowest BCUT2D eigenvalue weighted by Crippen LogP contribution is -2.15. The average molecular weight is 325 g/mol. The monoisotopic (exact) mass is 325 g/mol. The molecule has 2 rings (SSSR count). The fourth-order valence-electron chi connectivity index (χ4n) is 2.66. The van der Waals surface area contributed by atoms with Gasteiger partial charge in [0.1, 0.15) is 0 Å². The highest BCUT2D eigenvalue weighted by molar-refractivity contribution is 6.05. The topological polar surface area (TPSA) is 54.0 Å². The maximum Gasteiger partial charge on any atom is 0.257 e. The van der Waals surface area contributed by atoms with Gasteiger partial charge in [-0.1, -0.05) is 45.4 Å². The van der Waals surface area contributed by atoms with Gasteiger partial charge in [-0.3, -0.25) is 9.78 Å². The van der Waals surface area contributed by atoms with Crippen molar-refractivity contribution in [3.8, 4) is 0 Å². The number of aromatic nitrogens is 1. The van der Waals surface area contributed by atoms with Crippen molar-refractivity contribution in [2.75, 3.05) is 17.2 Å². The molecule has 0 atom stereocenters. The van der Waals surface area contributed by atoms with Gasteiger partial charge in [0.15, 0.2) is 0 Å². The Bertz CT molecular complexity index is 660. The molecule has 1 aromatic carbocycles. The van der Waals surface area contributed by atoms with Crippen LogP contribution in [-0.2, 0) is 12.8 Å². The Morgan fingerprint density at radius 1 is 1.08 bits per heavy atom. The summed E-state index contributed by atoms with van der Waals surface area (Å²) in [6, 6.07) is 8.04. The van der Waals surface area contributed by atoms with Crippen LogP contribution in [-0.4, -0.2) is 17.4 Å². The number of carbonyl (C=O) groups excluding carboxylic acids is 1. The zero-order valence-electron chi connectivity index (χ0n) is 14.9. The number of hydrogen-bond acceptors (Lipinski definition) is 3. The number of hydrogen-bond donors (Lipinski definition) is 2. The summed E-state index contributed by atoms with van der Waals surface area (Å²) in [6.45, 7) is 7.25. The highest BCUT2D eigenvalue weighted by Gasteiger charge is 2.12. The molecule has 128 valence electrons. The van der Waals surface area contributed by atoms with Crippen LogP contribution in [0.25, 0.3) is 0 Å². The Labute approximate surface area is 144 Å². The predicted octanol–water partition coefficient (Wildman–Crippen LogP) is 4.67. The standard InChI is InChI=1S/C20H27N3O/c1-4-7-11-22-18-12-17(13-21-14-18)20(24)23-19-15(5-2)9-8-10-16(19)6-3/h8-10,12-14,22H,4-7,11H2,1-3H3,(H,23,24). The highest BCUT2D eigenvalue weighted by atomic mass is 16.1. The molecule has 1 heterocycles. The van der Waals surface area contributed by atoms with Crippen LogP contribution in [0.1, 0.15) is 55.1 Å². The minimum atomic E-state index is -0.114. The van der Waals surface area contributed by atoms with E-state index in [1.807, 2.05) is 12.1 Å². The number of unbranched alkanes of at least 4 members (excludes halogenated alkanes) is 1. The molecule has 0 aliphatic rings. The molecular formula is C20H27N3O. The molecule has 0 saturated heterocycles. The van der Waals surface area contributed by atoms with Gasteiger partial charge in [-0.05, 0) is 36.5 Å². The molecule has 0 unspecified atom stereocenters. The van der Waals surface area contributed by atoms with Crippen molar-refractivity contribution in [2.24, 2.45) is 0 Å². The minimum Gasteiger partial charge on any atom is -0.384 e. The van der Waals surface area contributed by atoms with Gasteiger partial charge in [-0.25, -0.2) is 0 Å². The molecule has 4 heteroatoms. The van der Waals surface area contributed by atoms with Gasteiger partial charge in [0.2, 0.25) is 0 Å². The molecule has 0 bridgehead atoms. The van der Waals surface area contributed by atoms with Crippen molar-refractivity contribution in [1.29, 1.82) is 0 Å². The molecular weight excluding hydrogens is 298 g/mol. The van der Waals surface area contributed by atoms with Gasteiger partial charge in [-0.2, -0.15) is 0 Å². The number of nitrogens with zero attached hydrogens (tertiary/aromatic N) is 1. The summed E-state index contributed by atoms with van der Waals surface area (Å²) in [5.74, 6) is -0.114. The Morgan fingerprint density at radius 2 is 1.79 bits per heavy atom. The first kappa shape index (κ1) is 18.0. The van der Waals surface area contributed by atoms with Crippen molar-refractivity contribution >= 4 is 17.3 Å². The summed E-state index contributed by atoms with van der Waals surface area (Å²) in [5.41, 5.74) is 4.72. The minimum absolute atomic E-state index is 0.114. The molecule has 1 aromatic heterocycles. The largest absolute Gasteiger partial charge is 0.384 e. The lowest BCUT2D eigenvalue weighted by molar-refractivity contribution is 0.102. The number of anilines is 2. The van der Waals surface area contributed by atoms with Crippen LogP contribution in [0.3, 0.4) is 0 Å². The molecule has 24 heavy (non-hydrogen) atoms. The van der Waals surface area contributed by atoms with E-state index in [0.717, 1.165) is 54.7 Å². The van der Waals surface area contributed by atoms with Gasteiger partial charge >= 0.3 is 0 Å². The summed E-state index contributed by atoms with van der Waals surface area (Å²) in [4.78, 5) is 16.8. The van der Waals surface area contributed by atoms with Crippen LogP contribution in [0.4, 0.5) is 11.4 Å². The number of benzene rings is 1. The van der Waals surface area contributed by atoms with E-state index in [0.29, 0.717) is 5.56 Å². The Hall–Kier alpha value is -2.36. The fraction of sp³-hybridized carbons (Fsp3) is 0.400. The van der Waals surface area contributed by atoms with E-state index in [1.165, 1.54) is 0 Å². The van der Waals surface area contributed by atoms with Crippen molar-refractivity contribution < 1.29 is 4.79 Å². The maximum atomic E-state index is 12.7. The number of carbonyl (C=O) groups is 1. The van der Waals surface area contributed by atoms with E-state index in [-0.39, 0.29) is 5.91 Å². The number of amides is 1. The molecule has 2 aromatic rings. The number of para-hydroxylation sites is 1. The first-order valence-electron chi connectivity index (χ1n) is 8.80. The van der Waals surface area contributed by atoms with Gasteiger partial charge in [-0.15, -0.1) is 0 Å². The highest BCUT2D eigenvalue weighted by Crippen LogP contribution is 2.23. The second-order valence-electron chi connectivity index (χ2n) is 5.86. The smallest absolute Gasteiger partial charge is 0.257 e. The third-order valence-electron chi connectivity index (χ3n) is 4.10. The van der Waals surface area contributed by atoms with E-state index >= 15 is 0 Å². The molecule has 2 N–H and O–H groups in total. The molecule has 0 spiro atoms. The molecule has 4 nitrogen and oxygen atoms in total. The van der Waals surface area contributed by atoms with Crippen LogP contribution >= 0.6 is 0 Å². The van der Waals surface area contributed by atoms with Gasteiger partial charge in [0, 0.05) is 24.6 Å². The van der Waals surface area contributed by atoms with E-state index in [2.05, 4.69) is 48.5 Å².